The molecule has 8 heteroatoms. The lowest BCUT2D eigenvalue weighted by molar-refractivity contribution is -0.128. The maximum atomic E-state index is 12.0. The van der Waals surface area contributed by atoms with Crippen molar-refractivity contribution in [1.29, 1.82) is 0 Å². The number of benzene rings is 1. The van der Waals surface area contributed by atoms with Gasteiger partial charge in [-0.3, -0.25) is 4.79 Å². The lowest BCUT2D eigenvalue weighted by Gasteiger charge is -2.22. The van der Waals surface area contributed by atoms with Gasteiger partial charge in [-0.1, -0.05) is 0 Å². The quantitative estimate of drug-likeness (QED) is 0.877. The first-order valence-corrected chi connectivity index (χ1v) is 6.23. The van der Waals surface area contributed by atoms with Crippen LogP contribution in [-0.2, 0) is 9.53 Å². The third-order valence-electron chi connectivity index (χ3n) is 2.98. The van der Waals surface area contributed by atoms with Crippen LogP contribution in [0.2, 0.25) is 0 Å². The van der Waals surface area contributed by atoms with E-state index in [0.717, 1.165) is 12.1 Å². The van der Waals surface area contributed by atoms with Crippen LogP contribution in [0, 0.1) is 6.92 Å². The van der Waals surface area contributed by atoms with Crippen molar-refractivity contribution < 1.29 is 13.9 Å². The molecule has 6 nitrogen and oxygen atoms in total. The summed E-state index contributed by atoms with van der Waals surface area (Å²) in [7, 11) is 0. The summed E-state index contributed by atoms with van der Waals surface area (Å²) in [4.78, 5) is 16.2. The van der Waals surface area contributed by atoms with Crippen LogP contribution in [0.4, 0.5) is 5.69 Å². The summed E-state index contributed by atoms with van der Waals surface area (Å²) in [5.41, 5.74) is 2.13. The molecule has 0 radical (unpaired) electrons. The fourth-order valence-corrected chi connectivity index (χ4v) is 2.07. The predicted octanol–water partition coefficient (Wildman–Crippen LogP) is 1.91. The van der Waals surface area contributed by atoms with Gasteiger partial charge in [0, 0.05) is 31.8 Å². The van der Waals surface area contributed by atoms with E-state index in [9.17, 15) is 4.79 Å². The summed E-state index contributed by atoms with van der Waals surface area (Å²) < 4.78 is 10.8. The molecule has 3 rings (SSSR count). The van der Waals surface area contributed by atoms with Crippen LogP contribution in [0.25, 0.3) is 11.1 Å². The number of nitrogens with zero attached hydrogens (tertiary/aromatic N) is 1. The lowest BCUT2D eigenvalue weighted by Crippen LogP contribution is -2.45. The Morgan fingerprint density at radius 1 is 1.43 bits per heavy atom. The first kappa shape index (κ1) is 17.7. The van der Waals surface area contributed by atoms with Crippen molar-refractivity contribution in [2.45, 2.75) is 13.0 Å². The average Bonchev–Trinajstić information content (AvgIpc) is 2.79. The minimum atomic E-state index is -0.444. The van der Waals surface area contributed by atoms with Gasteiger partial charge >= 0.3 is 0 Å². The molecule has 116 valence electrons. The number of morpholine rings is 1. The number of rotatable bonds is 2. The molecule has 1 unspecified atom stereocenters. The molecule has 0 saturated carbocycles. The number of amides is 1. The van der Waals surface area contributed by atoms with Gasteiger partial charge in [-0.05, 0) is 12.1 Å². The lowest BCUT2D eigenvalue weighted by atomic mass is 10.2. The molecule has 2 heterocycles. The third kappa shape index (κ3) is 4.07. The maximum absolute atomic E-state index is 12.0. The number of anilines is 1. The van der Waals surface area contributed by atoms with E-state index < -0.39 is 6.10 Å². The second-order valence-corrected chi connectivity index (χ2v) is 4.47. The normalized spacial score (nSPS) is 17.7. The van der Waals surface area contributed by atoms with Crippen LogP contribution in [0.3, 0.4) is 0 Å². The number of hydrogen-bond donors (Lipinski definition) is 2. The number of nitrogens with one attached hydrogen (secondary N) is 2. The number of fused-ring (bicyclic) bond motifs is 1. The molecule has 1 saturated heterocycles. The van der Waals surface area contributed by atoms with Gasteiger partial charge in [0.25, 0.3) is 5.91 Å². The van der Waals surface area contributed by atoms with Crippen molar-refractivity contribution in [3.63, 3.8) is 0 Å². The highest BCUT2D eigenvalue weighted by Crippen LogP contribution is 2.20. The number of hydrogen-bond acceptors (Lipinski definition) is 5. The molecule has 0 bridgehead atoms. The number of halogens is 2. The Bertz CT molecular complexity index is 612. The fourth-order valence-electron chi connectivity index (χ4n) is 2.07. The van der Waals surface area contributed by atoms with Crippen LogP contribution in [-0.4, -0.2) is 36.7 Å². The van der Waals surface area contributed by atoms with E-state index in [4.69, 9.17) is 9.15 Å². The van der Waals surface area contributed by atoms with Crippen molar-refractivity contribution in [2.24, 2.45) is 0 Å². The van der Waals surface area contributed by atoms with Gasteiger partial charge in [0.05, 0.1) is 6.61 Å². The Kier molecular flexibility index (Phi) is 6.42. The standard InChI is InChI=1S/C13H15N3O3.2ClH/c1-8-15-10-3-2-9(6-11(10)19-8)16-13(17)12-7-14-4-5-18-12;;/h2-3,6,12,14H,4-5,7H2,1H3,(H,16,17);2*1H. The van der Waals surface area contributed by atoms with Crippen molar-refractivity contribution in [3.05, 3.63) is 24.1 Å². The number of aryl methyl sites for hydroxylation is 1. The first-order chi connectivity index (χ1) is 9.22. The largest absolute Gasteiger partial charge is 0.441 e. The van der Waals surface area contributed by atoms with Crippen LogP contribution in [0.15, 0.2) is 22.6 Å². The van der Waals surface area contributed by atoms with Crippen molar-refractivity contribution in [1.82, 2.24) is 10.3 Å². The van der Waals surface area contributed by atoms with E-state index >= 15 is 0 Å². The zero-order valence-electron chi connectivity index (χ0n) is 11.4. The van der Waals surface area contributed by atoms with E-state index in [-0.39, 0.29) is 30.7 Å². The molecule has 1 aromatic heterocycles. The smallest absolute Gasteiger partial charge is 0.254 e. The molecule has 0 spiro atoms. The average molecular weight is 334 g/mol. The SMILES string of the molecule is Cc1nc2ccc(NC(=O)C3CNCCO3)cc2o1.Cl.Cl. The number of aromatic nitrogens is 1. The molecule has 1 amide bonds. The molecule has 1 fully saturated rings. The number of carbonyl (C=O) groups excluding carboxylic acids is 1. The second kappa shape index (κ2) is 7.61. The Balaban J connectivity index is 0.00000110. The second-order valence-electron chi connectivity index (χ2n) is 4.47. The van der Waals surface area contributed by atoms with Crippen molar-refractivity contribution >= 4 is 47.5 Å². The highest BCUT2D eigenvalue weighted by Gasteiger charge is 2.21. The van der Waals surface area contributed by atoms with Gasteiger partial charge in [0.2, 0.25) is 0 Å². The third-order valence-corrected chi connectivity index (χ3v) is 2.98. The monoisotopic (exact) mass is 333 g/mol. The Morgan fingerprint density at radius 2 is 2.24 bits per heavy atom. The van der Waals surface area contributed by atoms with E-state index in [0.29, 0.717) is 30.3 Å². The summed E-state index contributed by atoms with van der Waals surface area (Å²) in [6.45, 7) is 3.67. The molecule has 1 aliphatic rings. The fraction of sp³-hybridized carbons (Fsp3) is 0.385. The van der Waals surface area contributed by atoms with Crippen LogP contribution in [0.5, 0.6) is 0 Å². The summed E-state index contributed by atoms with van der Waals surface area (Å²) in [5.74, 6) is 0.459. The Labute approximate surface area is 134 Å². The summed E-state index contributed by atoms with van der Waals surface area (Å²) in [6.07, 6.45) is -0.444. The molecule has 2 N–H and O–H groups in total. The highest BCUT2D eigenvalue weighted by molar-refractivity contribution is 5.95. The van der Waals surface area contributed by atoms with Gasteiger partial charge in [0.1, 0.15) is 11.6 Å². The number of carbonyl (C=O) groups is 1. The van der Waals surface area contributed by atoms with E-state index in [1.807, 2.05) is 6.07 Å². The van der Waals surface area contributed by atoms with Gasteiger partial charge in [-0.25, -0.2) is 4.98 Å². The number of ether oxygens (including phenoxy) is 1. The summed E-state index contributed by atoms with van der Waals surface area (Å²) in [5, 5.41) is 5.94. The summed E-state index contributed by atoms with van der Waals surface area (Å²) in [6, 6.07) is 5.39. The molecule has 1 aromatic carbocycles. The van der Waals surface area contributed by atoms with Gasteiger partial charge in [-0.15, -0.1) is 24.8 Å². The molecule has 2 aromatic rings. The first-order valence-electron chi connectivity index (χ1n) is 6.23. The predicted molar refractivity (Wildman–Crippen MR) is 84.5 cm³/mol. The Morgan fingerprint density at radius 3 is 2.95 bits per heavy atom. The topological polar surface area (TPSA) is 76.4 Å². The van der Waals surface area contributed by atoms with Gasteiger partial charge < -0.3 is 19.8 Å². The number of oxazole rings is 1. The van der Waals surface area contributed by atoms with Crippen LogP contribution < -0.4 is 10.6 Å². The molecular weight excluding hydrogens is 317 g/mol. The highest BCUT2D eigenvalue weighted by atomic mass is 35.5. The van der Waals surface area contributed by atoms with Gasteiger partial charge in [-0.2, -0.15) is 0 Å². The zero-order chi connectivity index (χ0) is 13.2. The van der Waals surface area contributed by atoms with Crippen LogP contribution >= 0.6 is 24.8 Å². The van der Waals surface area contributed by atoms with Crippen LogP contribution in [0.1, 0.15) is 5.89 Å². The van der Waals surface area contributed by atoms with Gasteiger partial charge in [0.15, 0.2) is 11.5 Å². The van der Waals surface area contributed by atoms with Crippen molar-refractivity contribution in [3.8, 4) is 0 Å². The molecule has 0 aliphatic carbocycles. The van der Waals surface area contributed by atoms with E-state index in [1.165, 1.54) is 0 Å². The molecule has 1 atom stereocenters. The zero-order valence-corrected chi connectivity index (χ0v) is 13.1. The maximum Gasteiger partial charge on any atom is 0.254 e. The molecule has 21 heavy (non-hydrogen) atoms. The Hall–Kier alpha value is -1.34. The summed E-state index contributed by atoms with van der Waals surface area (Å²) >= 11 is 0. The minimum absolute atomic E-state index is 0. The van der Waals surface area contributed by atoms with E-state index in [1.54, 1.807) is 19.1 Å². The minimum Gasteiger partial charge on any atom is -0.441 e. The molecular formula is C13H17Cl2N3O3. The van der Waals surface area contributed by atoms with E-state index in [2.05, 4.69) is 15.6 Å². The molecule has 1 aliphatic heterocycles. The van der Waals surface area contributed by atoms with Crippen molar-refractivity contribution in [2.75, 3.05) is 25.0 Å².